The lowest BCUT2D eigenvalue weighted by atomic mass is 10.3. The number of hydrogen-bond acceptors (Lipinski definition) is 3. The molecule has 0 atom stereocenters. The van der Waals surface area contributed by atoms with Gasteiger partial charge in [0.05, 0.1) is 5.88 Å². The largest absolute Gasteiger partial charge is 0.312 e. The summed E-state index contributed by atoms with van der Waals surface area (Å²) < 4.78 is 2.19. The average Bonchev–Trinajstić information content (AvgIpc) is 3.07. The molecule has 0 spiro atoms. The van der Waals surface area contributed by atoms with E-state index in [1.807, 2.05) is 19.1 Å². The van der Waals surface area contributed by atoms with Crippen molar-refractivity contribution >= 4 is 22.8 Å². The van der Waals surface area contributed by atoms with E-state index in [2.05, 4.69) is 19.4 Å². The van der Waals surface area contributed by atoms with E-state index in [-0.39, 0.29) is 0 Å². The maximum Gasteiger partial charge on any atom is 0.160 e. The van der Waals surface area contributed by atoms with Gasteiger partial charge in [-0.1, -0.05) is 0 Å². The Kier molecular flexibility index (Phi) is 4.22. The van der Waals surface area contributed by atoms with Gasteiger partial charge in [-0.25, -0.2) is 9.97 Å². The minimum absolute atomic E-state index is 0.444. The fourth-order valence-corrected chi connectivity index (χ4v) is 3.14. The minimum atomic E-state index is 0.444. The van der Waals surface area contributed by atoms with Crippen LogP contribution in [0.25, 0.3) is 11.2 Å². The first-order valence-electron chi connectivity index (χ1n) is 7.39. The second kappa shape index (κ2) is 6.10. The molecule has 1 saturated heterocycles. The van der Waals surface area contributed by atoms with Crippen molar-refractivity contribution in [3.8, 4) is 0 Å². The van der Waals surface area contributed by atoms with Crippen molar-refractivity contribution in [2.24, 2.45) is 0 Å². The molecule has 108 valence electrons. The molecule has 0 unspecified atom stereocenters. The quantitative estimate of drug-likeness (QED) is 0.795. The number of rotatable bonds is 5. The molecular formula is C15H21ClN4. The van der Waals surface area contributed by atoms with Crippen LogP contribution >= 0.6 is 11.6 Å². The lowest BCUT2D eigenvalue weighted by molar-refractivity contribution is 0.325. The van der Waals surface area contributed by atoms with Crippen LogP contribution in [0.4, 0.5) is 0 Å². The van der Waals surface area contributed by atoms with Gasteiger partial charge in [0.15, 0.2) is 5.65 Å². The smallest absolute Gasteiger partial charge is 0.160 e. The van der Waals surface area contributed by atoms with Crippen LogP contribution in [0.1, 0.15) is 30.8 Å². The van der Waals surface area contributed by atoms with Gasteiger partial charge in [0.1, 0.15) is 11.3 Å². The lowest BCUT2D eigenvalue weighted by Gasteiger charge is -2.15. The van der Waals surface area contributed by atoms with Crippen molar-refractivity contribution < 1.29 is 0 Å². The van der Waals surface area contributed by atoms with Crippen LogP contribution in [-0.2, 0) is 12.4 Å². The molecule has 2 aromatic rings. The molecule has 20 heavy (non-hydrogen) atoms. The number of aromatic nitrogens is 3. The Morgan fingerprint density at radius 1 is 1.15 bits per heavy atom. The predicted molar refractivity (Wildman–Crippen MR) is 82.1 cm³/mol. The van der Waals surface area contributed by atoms with Gasteiger partial charge in [-0.05, 0) is 58.0 Å². The maximum absolute atomic E-state index is 6.03. The molecule has 1 aliphatic rings. The van der Waals surface area contributed by atoms with Gasteiger partial charge < -0.3 is 9.47 Å². The van der Waals surface area contributed by atoms with Crippen molar-refractivity contribution in [1.29, 1.82) is 0 Å². The van der Waals surface area contributed by atoms with Gasteiger partial charge in [-0.15, -0.1) is 11.6 Å². The van der Waals surface area contributed by atoms with Gasteiger partial charge in [-0.2, -0.15) is 0 Å². The number of hydrogen-bond donors (Lipinski definition) is 0. The second-order valence-electron chi connectivity index (χ2n) is 5.51. The zero-order valence-electron chi connectivity index (χ0n) is 12.0. The predicted octanol–water partition coefficient (Wildman–Crippen LogP) is 2.96. The molecule has 2 aromatic heterocycles. The Hall–Kier alpha value is -1.13. The van der Waals surface area contributed by atoms with Gasteiger partial charge >= 0.3 is 0 Å². The highest BCUT2D eigenvalue weighted by molar-refractivity contribution is 6.16. The first-order chi connectivity index (χ1) is 9.78. The van der Waals surface area contributed by atoms with Gasteiger partial charge in [-0.3, -0.25) is 0 Å². The maximum atomic E-state index is 6.03. The van der Waals surface area contributed by atoms with E-state index < -0.39 is 0 Å². The van der Waals surface area contributed by atoms with E-state index in [0.29, 0.717) is 5.88 Å². The van der Waals surface area contributed by atoms with Crippen LogP contribution in [0.5, 0.6) is 0 Å². The molecule has 1 fully saturated rings. The molecule has 3 heterocycles. The molecule has 0 N–H and O–H groups in total. The molecule has 1 aliphatic heterocycles. The number of halogens is 1. The van der Waals surface area contributed by atoms with Gasteiger partial charge in [0.25, 0.3) is 0 Å². The van der Waals surface area contributed by atoms with Crippen molar-refractivity contribution in [2.75, 3.05) is 19.6 Å². The number of fused-ring (bicyclic) bond motifs is 1. The molecule has 3 rings (SSSR count). The standard InChI is InChI=1S/C15H21ClN4/c1-12-5-6-13-15(17-12)20(14(11-16)18-13)10-4-9-19-7-2-3-8-19/h5-6H,2-4,7-11H2,1H3. The molecule has 4 nitrogen and oxygen atoms in total. The fourth-order valence-electron chi connectivity index (χ4n) is 2.94. The molecule has 5 heteroatoms. The zero-order chi connectivity index (χ0) is 13.9. The number of likely N-dealkylation sites (tertiary alicyclic amines) is 1. The Bertz CT molecular complexity index is 587. The Morgan fingerprint density at radius 3 is 2.70 bits per heavy atom. The average molecular weight is 293 g/mol. The summed E-state index contributed by atoms with van der Waals surface area (Å²) in [6.45, 7) is 6.63. The van der Waals surface area contributed by atoms with E-state index in [4.69, 9.17) is 11.6 Å². The van der Waals surface area contributed by atoms with Crippen LogP contribution in [0.3, 0.4) is 0 Å². The van der Waals surface area contributed by atoms with Crippen molar-refractivity contribution in [1.82, 2.24) is 19.4 Å². The zero-order valence-corrected chi connectivity index (χ0v) is 12.7. The summed E-state index contributed by atoms with van der Waals surface area (Å²) in [7, 11) is 0. The molecule has 0 bridgehead atoms. The minimum Gasteiger partial charge on any atom is -0.312 e. The highest BCUT2D eigenvalue weighted by Gasteiger charge is 2.13. The van der Waals surface area contributed by atoms with Gasteiger partial charge in [0, 0.05) is 12.2 Å². The van der Waals surface area contributed by atoms with Crippen molar-refractivity contribution in [3.63, 3.8) is 0 Å². The van der Waals surface area contributed by atoms with E-state index in [9.17, 15) is 0 Å². The normalized spacial score (nSPS) is 16.3. The lowest BCUT2D eigenvalue weighted by Crippen LogP contribution is -2.21. The third-order valence-corrected chi connectivity index (χ3v) is 4.22. The first kappa shape index (κ1) is 13.8. The third-order valence-electron chi connectivity index (χ3n) is 3.98. The first-order valence-corrected chi connectivity index (χ1v) is 7.92. The summed E-state index contributed by atoms with van der Waals surface area (Å²) in [6, 6.07) is 4.03. The fraction of sp³-hybridized carbons (Fsp3) is 0.600. The molecule has 0 aromatic carbocycles. The molecule has 0 saturated carbocycles. The molecule has 0 amide bonds. The van der Waals surface area contributed by atoms with Crippen LogP contribution < -0.4 is 0 Å². The van der Waals surface area contributed by atoms with Crippen LogP contribution in [-0.4, -0.2) is 39.1 Å². The summed E-state index contributed by atoms with van der Waals surface area (Å²) in [4.78, 5) is 11.7. The van der Waals surface area contributed by atoms with E-state index in [0.717, 1.165) is 42.2 Å². The number of imidazole rings is 1. The summed E-state index contributed by atoms with van der Waals surface area (Å²) in [5.74, 6) is 1.38. The summed E-state index contributed by atoms with van der Waals surface area (Å²) >= 11 is 6.03. The highest BCUT2D eigenvalue weighted by Crippen LogP contribution is 2.17. The highest BCUT2D eigenvalue weighted by atomic mass is 35.5. The molecule has 0 aliphatic carbocycles. The van der Waals surface area contributed by atoms with Crippen LogP contribution in [0, 0.1) is 6.92 Å². The second-order valence-corrected chi connectivity index (χ2v) is 5.78. The third kappa shape index (κ3) is 2.81. The van der Waals surface area contributed by atoms with Crippen molar-refractivity contribution in [3.05, 3.63) is 23.7 Å². The Labute approximate surface area is 124 Å². The monoisotopic (exact) mass is 292 g/mol. The molecule has 0 radical (unpaired) electrons. The summed E-state index contributed by atoms with van der Waals surface area (Å²) in [5, 5.41) is 0. The number of pyridine rings is 1. The number of nitrogens with zero attached hydrogens (tertiary/aromatic N) is 4. The van der Waals surface area contributed by atoms with Crippen LogP contribution in [0.2, 0.25) is 0 Å². The Morgan fingerprint density at radius 2 is 1.95 bits per heavy atom. The van der Waals surface area contributed by atoms with E-state index >= 15 is 0 Å². The van der Waals surface area contributed by atoms with E-state index in [1.165, 1.54) is 25.9 Å². The SMILES string of the molecule is Cc1ccc2nc(CCl)n(CCCN3CCCC3)c2n1. The number of aryl methyl sites for hydroxylation is 2. The van der Waals surface area contributed by atoms with Crippen molar-refractivity contribution in [2.45, 2.75) is 38.6 Å². The summed E-state index contributed by atoms with van der Waals surface area (Å²) in [6.07, 6.45) is 3.83. The Balaban J connectivity index is 1.76. The van der Waals surface area contributed by atoms with E-state index in [1.54, 1.807) is 0 Å². The summed E-state index contributed by atoms with van der Waals surface area (Å²) in [5.41, 5.74) is 2.95. The van der Waals surface area contributed by atoms with Crippen LogP contribution in [0.15, 0.2) is 12.1 Å². The number of alkyl halides is 1. The molecular weight excluding hydrogens is 272 g/mol. The topological polar surface area (TPSA) is 34.0 Å². The van der Waals surface area contributed by atoms with Gasteiger partial charge in [0.2, 0.25) is 0 Å².